The highest BCUT2D eigenvalue weighted by atomic mass is 32.2. The lowest BCUT2D eigenvalue weighted by Crippen LogP contribution is -2.32. The molecule has 0 aliphatic rings. The second-order valence-electron chi connectivity index (χ2n) is 4.53. The Morgan fingerprint density at radius 3 is 2.26 bits per heavy atom. The number of halogens is 2. The molecule has 108 valence electrons. The summed E-state index contributed by atoms with van der Waals surface area (Å²) >= 11 is 0. The van der Waals surface area contributed by atoms with E-state index in [2.05, 4.69) is 5.32 Å². The van der Waals surface area contributed by atoms with E-state index in [-0.39, 0.29) is 6.54 Å². The van der Waals surface area contributed by atoms with Gasteiger partial charge in [-0.2, -0.15) is 8.78 Å². The van der Waals surface area contributed by atoms with E-state index < -0.39 is 26.1 Å². The third kappa shape index (κ3) is 4.14. The summed E-state index contributed by atoms with van der Waals surface area (Å²) < 4.78 is 47.0. The topological polar surface area (TPSA) is 66.4 Å². The monoisotopic (exact) mass is 293 g/mol. The van der Waals surface area contributed by atoms with Crippen LogP contribution in [0.5, 0.6) is 0 Å². The smallest absolute Gasteiger partial charge is 0.341 e. The first-order valence-electron chi connectivity index (χ1n) is 5.77. The van der Waals surface area contributed by atoms with Crippen LogP contribution < -0.4 is 5.32 Å². The lowest BCUT2D eigenvalue weighted by atomic mass is 10.0. The van der Waals surface area contributed by atoms with Gasteiger partial charge in [-0.25, -0.2) is 8.42 Å². The van der Waals surface area contributed by atoms with Crippen LogP contribution in [0, 0.1) is 0 Å². The number of rotatable bonds is 6. The minimum absolute atomic E-state index is 0.282. The normalized spacial score (nSPS) is 15.3. The van der Waals surface area contributed by atoms with Crippen molar-refractivity contribution in [2.45, 2.75) is 36.5 Å². The molecule has 0 aliphatic heterocycles. The Hall–Kier alpha value is -1.21. The average Bonchev–Trinajstić information content (AvgIpc) is 2.37. The Bertz CT molecular complexity index is 512. The molecule has 4 nitrogen and oxygen atoms in total. The van der Waals surface area contributed by atoms with Crippen LogP contribution in [0.1, 0.15) is 20.3 Å². The second-order valence-corrected chi connectivity index (χ2v) is 6.45. The Morgan fingerprint density at radius 1 is 1.32 bits per heavy atom. The molecule has 7 heteroatoms. The largest absolute Gasteiger partial charge is 0.388 e. The van der Waals surface area contributed by atoms with E-state index in [1.54, 1.807) is 6.92 Å². The number of aliphatic hydroxyl groups is 1. The van der Waals surface area contributed by atoms with Gasteiger partial charge in [0.25, 0.3) is 0 Å². The number of hydrogen-bond donors (Lipinski definition) is 2. The van der Waals surface area contributed by atoms with E-state index in [1.807, 2.05) is 6.92 Å². The summed E-state index contributed by atoms with van der Waals surface area (Å²) in [4.78, 5) is -0.421. The molecule has 2 N–H and O–H groups in total. The van der Waals surface area contributed by atoms with Crippen molar-refractivity contribution in [2.75, 3.05) is 11.9 Å². The van der Waals surface area contributed by atoms with Crippen molar-refractivity contribution in [1.29, 1.82) is 0 Å². The quantitative estimate of drug-likeness (QED) is 0.844. The van der Waals surface area contributed by atoms with Crippen LogP contribution in [0.15, 0.2) is 29.2 Å². The second kappa shape index (κ2) is 5.83. The van der Waals surface area contributed by atoms with Crippen molar-refractivity contribution in [3.05, 3.63) is 24.3 Å². The Balaban J connectivity index is 2.78. The summed E-state index contributed by atoms with van der Waals surface area (Å²) in [6.07, 6.45) is 0.553. The van der Waals surface area contributed by atoms with Crippen LogP contribution in [-0.2, 0) is 9.84 Å². The van der Waals surface area contributed by atoms with Gasteiger partial charge in [0, 0.05) is 12.2 Å². The first kappa shape index (κ1) is 15.8. The molecule has 0 bridgehead atoms. The fraction of sp³-hybridized carbons (Fsp3) is 0.500. The number of alkyl halides is 2. The molecular formula is C12H17F2NO3S. The fourth-order valence-electron chi connectivity index (χ4n) is 1.28. The molecule has 0 unspecified atom stereocenters. The molecular weight excluding hydrogens is 276 g/mol. The Labute approximate surface area is 111 Å². The standard InChI is InChI=1S/C12H17F2NO3S/c1-3-12(2,16)8-15-9-4-6-10(7-5-9)19(17,18)11(13)14/h4-7,11,15-16H,3,8H2,1-2H3/t12-/m1/s1. The predicted molar refractivity (Wildman–Crippen MR) is 69.0 cm³/mol. The molecule has 0 heterocycles. The molecule has 0 radical (unpaired) electrons. The molecule has 0 saturated carbocycles. The van der Waals surface area contributed by atoms with Gasteiger partial charge in [0.15, 0.2) is 0 Å². The van der Waals surface area contributed by atoms with Gasteiger partial charge in [-0.3, -0.25) is 0 Å². The molecule has 0 saturated heterocycles. The maximum absolute atomic E-state index is 12.3. The van der Waals surface area contributed by atoms with Gasteiger partial charge in [-0.15, -0.1) is 0 Å². The van der Waals surface area contributed by atoms with Crippen LogP contribution in [-0.4, -0.2) is 31.4 Å². The van der Waals surface area contributed by atoms with E-state index in [4.69, 9.17) is 0 Å². The molecule has 1 aromatic carbocycles. The van der Waals surface area contributed by atoms with E-state index in [0.29, 0.717) is 12.1 Å². The summed E-state index contributed by atoms with van der Waals surface area (Å²) in [7, 11) is -4.55. The van der Waals surface area contributed by atoms with Crippen LogP contribution in [0.25, 0.3) is 0 Å². The van der Waals surface area contributed by atoms with Gasteiger partial charge in [-0.1, -0.05) is 6.92 Å². The van der Waals surface area contributed by atoms with Gasteiger partial charge in [0.1, 0.15) is 0 Å². The third-order valence-electron chi connectivity index (χ3n) is 2.85. The fourth-order valence-corrected chi connectivity index (χ4v) is 2.00. The molecule has 0 spiro atoms. The highest BCUT2D eigenvalue weighted by Gasteiger charge is 2.26. The van der Waals surface area contributed by atoms with Crippen LogP contribution >= 0.6 is 0 Å². The third-order valence-corrected chi connectivity index (χ3v) is 4.25. The summed E-state index contributed by atoms with van der Waals surface area (Å²) in [6.45, 7) is 3.78. The molecule has 0 amide bonds. The summed E-state index contributed by atoms with van der Waals surface area (Å²) in [6, 6.07) is 5.01. The number of anilines is 1. The number of sulfone groups is 1. The molecule has 0 aromatic heterocycles. The lowest BCUT2D eigenvalue weighted by molar-refractivity contribution is 0.0697. The van der Waals surface area contributed by atoms with Crippen LogP contribution in [0.3, 0.4) is 0 Å². The number of nitrogens with one attached hydrogen (secondary N) is 1. The van der Waals surface area contributed by atoms with Gasteiger partial charge in [0.05, 0.1) is 10.5 Å². The van der Waals surface area contributed by atoms with E-state index in [0.717, 1.165) is 12.1 Å². The zero-order chi connectivity index (χ0) is 14.7. The minimum Gasteiger partial charge on any atom is -0.388 e. The van der Waals surface area contributed by atoms with Crippen molar-refractivity contribution in [3.8, 4) is 0 Å². The molecule has 1 aromatic rings. The first-order chi connectivity index (χ1) is 8.69. The zero-order valence-corrected chi connectivity index (χ0v) is 11.5. The maximum Gasteiger partial charge on any atom is 0.341 e. The molecule has 19 heavy (non-hydrogen) atoms. The van der Waals surface area contributed by atoms with Gasteiger partial charge in [0.2, 0.25) is 9.84 Å². The molecule has 0 fully saturated rings. The zero-order valence-electron chi connectivity index (χ0n) is 10.7. The number of hydrogen-bond acceptors (Lipinski definition) is 4. The highest BCUT2D eigenvalue weighted by molar-refractivity contribution is 7.91. The van der Waals surface area contributed by atoms with Crippen molar-refractivity contribution < 1.29 is 22.3 Å². The van der Waals surface area contributed by atoms with E-state index in [1.165, 1.54) is 12.1 Å². The average molecular weight is 293 g/mol. The summed E-state index contributed by atoms with van der Waals surface area (Å²) in [5, 5.41) is 12.7. The molecule has 1 rings (SSSR count). The van der Waals surface area contributed by atoms with Crippen molar-refractivity contribution in [2.24, 2.45) is 0 Å². The summed E-state index contributed by atoms with van der Waals surface area (Å²) in [5.41, 5.74) is -0.324. The first-order valence-corrected chi connectivity index (χ1v) is 7.32. The van der Waals surface area contributed by atoms with Crippen LogP contribution in [0.2, 0.25) is 0 Å². The van der Waals surface area contributed by atoms with Gasteiger partial charge < -0.3 is 10.4 Å². The van der Waals surface area contributed by atoms with Gasteiger partial charge in [-0.05, 0) is 37.6 Å². The van der Waals surface area contributed by atoms with Crippen molar-refractivity contribution in [1.82, 2.24) is 0 Å². The number of benzene rings is 1. The van der Waals surface area contributed by atoms with E-state index in [9.17, 15) is 22.3 Å². The lowest BCUT2D eigenvalue weighted by Gasteiger charge is -2.22. The van der Waals surface area contributed by atoms with Gasteiger partial charge >= 0.3 is 5.76 Å². The summed E-state index contributed by atoms with van der Waals surface area (Å²) in [5.74, 6) is -3.42. The Morgan fingerprint density at radius 2 is 1.84 bits per heavy atom. The Kier molecular flexibility index (Phi) is 4.86. The van der Waals surface area contributed by atoms with Crippen molar-refractivity contribution in [3.63, 3.8) is 0 Å². The predicted octanol–water partition coefficient (Wildman–Crippen LogP) is 2.26. The van der Waals surface area contributed by atoms with Crippen molar-refractivity contribution >= 4 is 15.5 Å². The molecule has 1 atom stereocenters. The SMILES string of the molecule is CC[C@@](C)(O)CNc1ccc(S(=O)(=O)C(F)F)cc1. The molecule has 0 aliphatic carbocycles. The van der Waals surface area contributed by atoms with E-state index >= 15 is 0 Å². The maximum atomic E-state index is 12.3. The highest BCUT2D eigenvalue weighted by Crippen LogP contribution is 2.20. The minimum atomic E-state index is -4.55. The van der Waals surface area contributed by atoms with Crippen LogP contribution in [0.4, 0.5) is 14.5 Å².